The molecule has 25 heavy (non-hydrogen) atoms. The van der Waals surface area contributed by atoms with E-state index in [0.717, 1.165) is 21.8 Å². The maximum atomic E-state index is 12.4. The van der Waals surface area contributed by atoms with E-state index in [0.29, 0.717) is 15.7 Å². The second-order valence-electron chi connectivity index (χ2n) is 5.16. The molecule has 0 aliphatic carbocycles. The number of carbonyl (C=O) groups excluding carboxylic acids is 2. The van der Waals surface area contributed by atoms with Crippen molar-refractivity contribution < 1.29 is 14.3 Å². The van der Waals surface area contributed by atoms with Crippen molar-refractivity contribution in [2.45, 2.75) is 0 Å². The number of halogens is 2. The fourth-order valence-corrected chi connectivity index (χ4v) is 3.59. The van der Waals surface area contributed by atoms with Crippen LogP contribution in [0.3, 0.4) is 0 Å². The third kappa shape index (κ3) is 4.45. The molecule has 4 nitrogen and oxygen atoms in total. The lowest BCUT2D eigenvalue weighted by molar-refractivity contribution is -0.123. The van der Waals surface area contributed by atoms with Gasteiger partial charge in [0, 0.05) is 9.50 Å². The van der Waals surface area contributed by atoms with E-state index in [1.165, 1.54) is 4.90 Å². The van der Waals surface area contributed by atoms with Crippen LogP contribution in [0.2, 0.25) is 5.02 Å². The summed E-state index contributed by atoms with van der Waals surface area (Å²) in [5.74, 6) is 0.339. The molecule has 2 aromatic rings. The number of hydrogen-bond donors (Lipinski definition) is 0. The van der Waals surface area contributed by atoms with E-state index in [1.807, 2.05) is 24.3 Å². The smallest absolute Gasteiger partial charge is 0.293 e. The number of ether oxygens (including phenoxy) is 1. The predicted molar refractivity (Wildman–Crippen MR) is 104 cm³/mol. The maximum Gasteiger partial charge on any atom is 0.293 e. The fourth-order valence-electron chi connectivity index (χ4n) is 2.21. The van der Waals surface area contributed by atoms with Crippen LogP contribution in [-0.4, -0.2) is 29.2 Å². The van der Waals surface area contributed by atoms with Crippen LogP contribution in [0.1, 0.15) is 5.56 Å². The topological polar surface area (TPSA) is 46.6 Å². The van der Waals surface area contributed by atoms with Gasteiger partial charge in [-0.05, 0) is 53.7 Å². The zero-order valence-corrected chi connectivity index (χ0v) is 16.1. The first kappa shape index (κ1) is 18.0. The van der Waals surface area contributed by atoms with Crippen molar-refractivity contribution in [3.05, 3.63) is 68.5 Å². The number of imide groups is 1. The van der Waals surface area contributed by atoms with Gasteiger partial charge in [-0.3, -0.25) is 14.5 Å². The second kappa shape index (κ2) is 8.08. The minimum Gasteiger partial charge on any atom is -0.492 e. The Balaban J connectivity index is 1.63. The van der Waals surface area contributed by atoms with Crippen molar-refractivity contribution >= 4 is 56.5 Å². The SMILES string of the molecule is O=C1S/C(=C\c2ccccc2Br)C(=O)N1CCOc1ccc(Cl)cc1. The summed E-state index contributed by atoms with van der Waals surface area (Å²) >= 11 is 10.2. The van der Waals surface area contributed by atoms with Crippen LogP contribution in [0.15, 0.2) is 57.9 Å². The number of amides is 2. The molecule has 0 bridgehead atoms. The molecule has 2 aromatic carbocycles. The van der Waals surface area contributed by atoms with Crippen LogP contribution in [0.25, 0.3) is 6.08 Å². The molecule has 0 atom stereocenters. The van der Waals surface area contributed by atoms with Crippen LogP contribution in [0.5, 0.6) is 5.75 Å². The highest BCUT2D eigenvalue weighted by Crippen LogP contribution is 2.33. The molecule has 7 heteroatoms. The maximum absolute atomic E-state index is 12.4. The number of hydrogen-bond acceptors (Lipinski definition) is 4. The molecule has 0 aromatic heterocycles. The Morgan fingerprint density at radius 2 is 1.84 bits per heavy atom. The van der Waals surface area contributed by atoms with Crippen LogP contribution in [-0.2, 0) is 4.79 Å². The molecular weight excluding hydrogens is 426 g/mol. The molecule has 0 N–H and O–H groups in total. The van der Waals surface area contributed by atoms with E-state index in [4.69, 9.17) is 16.3 Å². The van der Waals surface area contributed by atoms with Gasteiger partial charge >= 0.3 is 0 Å². The fraction of sp³-hybridized carbons (Fsp3) is 0.111. The highest BCUT2D eigenvalue weighted by molar-refractivity contribution is 9.10. The lowest BCUT2D eigenvalue weighted by Crippen LogP contribution is -2.32. The Morgan fingerprint density at radius 1 is 1.12 bits per heavy atom. The number of benzene rings is 2. The van der Waals surface area contributed by atoms with Gasteiger partial charge in [-0.1, -0.05) is 45.7 Å². The van der Waals surface area contributed by atoms with E-state index < -0.39 is 0 Å². The second-order valence-corrected chi connectivity index (χ2v) is 7.44. The summed E-state index contributed by atoms with van der Waals surface area (Å²) in [6.45, 7) is 0.419. The molecule has 3 rings (SSSR count). The largest absolute Gasteiger partial charge is 0.492 e. The zero-order valence-electron chi connectivity index (χ0n) is 12.9. The Morgan fingerprint density at radius 3 is 2.56 bits per heavy atom. The first-order valence-corrected chi connectivity index (χ1v) is 9.41. The predicted octanol–water partition coefficient (Wildman–Crippen LogP) is 5.22. The summed E-state index contributed by atoms with van der Waals surface area (Å²) in [4.78, 5) is 26.1. The monoisotopic (exact) mass is 437 g/mol. The molecule has 0 spiro atoms. The van der Waals surface area contributed by atoms with Gasteiger partial charge in [0.2, 0.25) is 0 Å². The number of rotatable bonds is 5. The number of nitrogens with zero attached hydrogens (tertiary/aromatic N) is 1. The van der Waals surface area contributed by atoms with Gasteiger partial charge < -0.3 is 4.74 Å². The van der Waals surface area contributed by atoms with Crippen molar-refractivity contribution in [2.24, 2.45) is 0 Å². The van der Waals surface area contributed by atoms with E-state index in [-0.39, 0.29) is 24.3 Å². The number of carbonyl (C=O) groups is 2. The first-order valence-electron chi connectivity index (χ1n) is 7.43. The molecule has 128 valence electrons. The van der Waals surface area contributed by atoms with Crippen molar-refractivity contribution in [1.29, 1.82) is 0 Å². The average molecular weight is 439 g/mol. The van der Waals surface area contributed by atoms with Crippen LogP contribution in [0, 0.1) is 0 Å². The van der Waals surface area contributed by atoms with Gasteiger partial charge in [-0.2, -0.15) is 0 Å². The van der Waals surface area contributed by atoms with E-state index in [2.05, 4.69) is 15.9 Å². The number of thioether (sulfide) groups is 1. The summed E-state index contributed by atoms with van der Waals surface area (Å²) in [5.41, 5.74) is 0.852. The molecule has 0 radical (unpaired) electrons. The minimum atomic E-state index is -0.301. The minimum absolute atomic E-state index is 0.195. The van der Waals surface area contributed by atoms with Gasteiger partial charge in [0.25, 0.3) is 11.1 Å². The molecule has 2 amide bonds. The van der Waals surface area contributed by atoms with Crippen LogP contribution in [0.4, 0.5) is 4.79 Å². The van der Waals surface area contributed by atoms with Crippen molar-refractivity contribution in [1.82, 2.24) is 4.90 Å². The van der Waals surface area contributed by atoms with Crippen LogP contribution < -0.4 is 4.74 Å². The Kier molecular flexibility index (Phi) is 5.83. The average Bonchev–Trinajstić information content (AvgIpc) is 2.86. The lowest BCUT2D eigenvalue weighted by atomic mass is 10.2. The molecule has 1 heterocycles. The molecular formula is C18H13BrClNO3S. The van der Waals surface area contributed by atoms with Gasteiger partial charge in [-0.25, -0.2) is 0 Å². The van der Waals surface area contributed by atoms with Gasteiger partial charge in [0.05, 0.1) is 11.4 Å². The normalized spacial score (nSPS) is 15.9. The zero-order chi connectivity index (χ0) is 17.8. The van der Waals surface area contributed by atoms with Gasteiger partial charge in [0.15, 0.2) is 0 Å². The highest BCUT2D eigenvalue weighted by atomic mass is 79.9. The quantitative estimate of drug-likeness (QED) is 0.601. The van der Waals surface area contributed by atoms with Crippen molar-refractivity contribution in [3.8, 4) is 5.75 Å². The molecule has 0 unspecified atom stereocenters. The molecule has 1 fully saturated rings. The third-order valence-electron chi connectivity index (χ3n) is 3.46. The van der Waals surface area contributed by atoms with Gasteiger partial charge in [0.1, 0.15) is 12.4 Å². The lowest BCUT2D eigenvalue weighted by Gasteiger charge is -2.13. The van der Waals surface area contributed by atoms with Gasteiger partial charge in [-0.15, -0.1) is 0 Å². The molecule has 1 saturated heterocycles. The van der Waals surface area contributed by atoms with E-state index in [9.17, 15) is 9.59 Å². The first-order chi connectivity index (χ1) is 12.0. The highest BCUT2D eigenvalue weighted by Gasteiger charge is 2.34. The summed E-state index contributed by atoms with van der Waals surface area (Å²) in [6, 6.07) is 14.4. The summed E-state index contributed by atoms with van der Waals surface area (Å²) in [7, 11) is 0. The molecule has 0 saturated carbocycles. The Hall–Kier alpha value is -1.76. The van der Waals surface area contributed by atoms with Crippen molar-refractivity contribution in [2.75, 3.05) is 13.2 Å². The summed E-state index contributed by atoms with van der Waals surface area (Å²) < 4.78 is 6.42. The summed E-state index contributed by atoms with van der Waals surface area (Å²) in [6.07, 6.45) is 1.72. The van der Waals surface area contributed by atoms with E-state index >= 15 is 0 Å². The molecule has 1 aliphatic heterocycles. The van der Waals surface area contributed by atoms with E-state index in [1.54, 1.807) is 30.3 Å². The summed E-state index contributed by atoms with van der Waals surface area (Å²) in [5, 5.41) is 0.332. The third-order valence-corrected chi connectivity index (χ3v) is 5.34. The molecule has 1 aliphatic rings. The van der Waals surface area contributed by atoms with Crippen molar-refractivity contribution in [3.63, 3.8) is 0 Å². The Bertz CT molecular complexity index is 838. The Labute approximate surface area is 162 Å². The standard InChI is InChI=1S/C18H13BrClNO3S/c19-15-4-2-1-3-12(15)11-16-17(22)21(18(23)25-16)9-10-24-14-7-5-13(20)6-8-14/h1-8,11H,9-10H2/b16-11-. The van der Waals surface area contributed by atoms with Crippen LogP contribution >= 0.6 is 39.3 Å².